The minimum absolute atomic E-state index is 0.236. The van der Waals surface area contributed by atoms with E-state index < -0.39 is 18.0 Å². The van der Waals surface area contributed by atoms with Gasteiger partial charge in [0, 0.05) is 12.8 Å². The summed E-state index contributed by atoms with van der Waals surface area (Å²) in [6.45, 7) is 1.91. The van der Waals surface area contributed by atoms with Crippen LogP contribution in [0.3, 0.4) is 0 Å². The number of amides is 2. The average molecular weight is 245 g/mol. The third-order valence-corrected chi connectivity index (χ3v) is 2.35. The minimum atomic E-state index is -0.737. The van der Waals surface area contributed by atoms with Crippen molar-refractivity contribution in [1.29, 1.82) is 5.26 Å². The summed E-state index contributed by atoms with van der Waals surface area (Å²) in [5.41, 5.74) is 0. The number of nitrogens with one attached hydrogen (secondary N) is 1. The number of hydrogen-bond donors (Lipinski definition) is 1. The molecule has 90 valence electrons. The van der Waals surface area contributed by atoms with E-state index in [2.05, 4.69) is 10.1 Å². The van der Waals surface area contributed by atoms with Crippen LogP contribution in [0.2, 0.25) is 0 Å². The quantitative estimate of drug-likeness (QED) is 0.560. The number of carbonyl (C=O) groups excluding carboxylic acids is 2. The number of ether oxygens (including phenoxy) is 1. The monoisotopic (exact) mass is 245 g/mol. The van der Waals surface area contributed by atoms with Crippen molar-refractivity contribution < 1.29 is 14.3 Å². The second-order valence-electron chi connectivity index (χ2n) is 2.87. The van der Waals surface area contributed by atoms with E-state index in [0.717, 1.165) is 4.90 Å². The topological polar surface area (TPSA) is 82.4 Å². The largest absolute Gasteiger partial charge is 0.450 e. The smallest absolute Gasteiger partial charge is 0.407 e. The maximum atomic E-state index is 11.6. The van der Waals surface area contributed by atoms with Crippen LogP contribution < -0.4 is 5.32 Å². The molecule has 0 aliphatic rings. The Balaban J connectivity index is 4.43. The fraction of sp³-hybridized carbons (Fsp3) is 0.667. The van der Waals surface area contributed by atoms with Crippen molar-refractivity contribution in [3.05, 3.63) is 0 Å². The molecular formula is C9H15N3O3S. The highest BCUT2D eigenvalue weighted by Gasteiger charge is 2.23. The van der Waals surface area contributed by atoms with E-state index in [1.54, 1.807) is 19.4 Å². The number of rotatable bonds is 5. The van der Waals surface area contributed by atoms with Crippen molar-refractivity contribution >= 4 is 23.8 Å². The molecule has 0 radical (unpaired) electrons. The van der Waals surface area contributed by atoms with Crippen molar-refractivity contribution in [2.24, 2.45) is 0 Å². The molecule has 0 bridgehead atoms. The van der Waals surface area contributed by atoms with Crippen molar-refractivity contribution in [1.82, 2.24) is 10.2 Å². The number of alkyl carbamates (subject to hydrolysis) is 1. The SMILES string of the molecule is CCOC(=O)NC(CSC)C(=O)N(C)C#N. The lowest BCUT2D eigenvalue weighted by Gasteiger charge is -2.18. The van der Waals surface area contributed by atoms with Crippen molar-refractivity contribution in [3.8, 4) is 6.19 Å². The van der Waals surface area contributed by atoms with Gasteiger partial charge in [0.2, 0.25) is 0 Å². The highest BCUT2D eigenvalue weighted by molar-refractivity contribution is 7.98. The van der Waals surface area contributed by atoms with Gasteiger partial charge in [-0.25, -0.2) is 4.79 Å². The van der Waals surface area contributed by atoms with Gasteiger partial charge in [-0.15, -0.1) is 0 Å². The fourth-order valence-corrected chi connectivity index (χ4v) is 1.50. The van der Waals surface area contributed by atoms with Crippen LogP contribution in [-0.4, -0.2) is 48.6 Å². The summed E-state index contributed by atoms with van der Waals surface area (Å²) in [6.07, 6.45) is 2.84. The number of likely N-dealkylation sites (N-methyl/N-ethyl adjacent to an activating group) is 1. The minimum Gasteiger partial charge on any atom is -0.450 e. The van der Waals surface area contributed by atoms with E-state index in [-0.39, 0.29) is 6.61 Å². The number of carbonyl (C=O) groups is 2. The normalized spacial score (nSPS) is 11.1. The Labute approximate surface area is 98.9 Å². The van der Waals surface area contributed by atoms with Gasteiger partial charge in [0.1, 0.15) is 6.04 Å². The van der Waals surface area contributed by atoms with Gasteiger partial charge in [-0.3, -0.25) is 9.69 Å². The zero-order valence-electron chi connectivity index (χ0n) is 9.52. The zero-order valence-corrected chi connectivity index (χ0v) is 10.3. The summed E-state index contributed by atoms with van der Waals surface area (Å²) in [6, 6.07) is -0.737. The molecule has 1 N–H and O–H groups in total. The molecule has 6 nitrogen and oxygen atoms in total. The van der Waals surface area contributed by atoms with Gasteiger partial charge >= 0.3 is 6.09 Å². The highest BCUT2D eigenvalue weighted by Crippen LogP contribution is 2.01. The molecule has 1 atom stereocenters. The molecular weight excluding hydrogens is 230 g/mol. The van der Waals surface area contributed by atoms with Crippen molar-refractivity contribution in [3.63, 3.8) is 0 Å². The van der Waals surface area contributed by atoms with E-state index in [4.69, 9.17) is 5.26 Å². The molecule has 0 saturated carbocycles. The van der Waals surface area contributed by atoms with E-state index in [1.807, 2.05) is 0 Å². The molecule has 0 spiro atoms. The van der Waals surface area contributed by atoms with E-state index >= 15 is 0 Å². The lowest BCUT2D eigenvalue weighted by molar-refractivity contribution is -0.128. The highest BCUT2D eigenvalue weighted by atomic mass is 32.2. The van der Waals surface area contributed by atoms with Gasteiger partial charge in [0.25, 0.3) is 5.91 Å². The number of nitriles is 1. The molecule has 0 rings (SSSR count). The first-order valence-corrected chi connectivity index (χ1v) is 6.05. The van der Waals surface area contributed by atoms with Crippen LogP contribution in [0.15, 0.2) is 0 Å². The molecule has 0 aliphatic carbocycles. The molecule has 0 aromatic rings. The van der Waals surface area contributed by atoms with Gasteiger partial charge in [-0.1, -0.05) is 0 Å². The second-order valence-corrected chi connectivity index (χ2v) is 3.78. The van der Waals surface area contributed by atoms with Crippen molar-refractivity contribution in [2.75, 3.05) is 25.7 Å². The summed E-state index contributed by atoms with van der Waals surface area (Å²) in [5.74, 6) is -0.0613. The Hall–Kier alpha value is -1.42. The van der Waals surface area contributed by atoms with Crippen LogP contribution >= 0.6 is 11.8 Å². The lowest BCUT2D eigenvalue weighted by atomic mass is 10.3. The third kappa shape index (κ3) is 4.89. The van der Waals surface area contributed by atoms with Gasteiger partial charge in [-0.2, -0.15) is 17.0 Å². The van der Waals surface area contributed by atoms with Crippen LogP contribution in [0.4, 0.5) is 4.79 Å². The molecule has 0 heterocycles. The predicted molar refractivity (Wildman–Crippen MR) is 60.7 cm³/mol. The number of hydrogen-bond acceptors (Lipinski definition) is 5. The Bertz CT molecular complexity index is 290. The standard InChI is InChI=1S/C9H15N3O3S/c1-4-15-9(14)11-7(5-16-3)8(13)12(2)6-10/h7H,4-5H2,1-3H3,(H,11,14). The zero-order chi connectivity index (χ0) is 12.6. The molecule has 0 aromatic carbocycles. The number of nitrogens with zero attached hydrogens (tertiary/aromatic N) is 2. The third-order valence-electron chi connectivity index (χ3n) is 1.68. The van der Waals surface area contributed by atoms with Crippen LogP contribution in [0, 0.1) is 11.5 Å². The van der Waals surface area contributed by atoms with E-state index in [9.17, 15) is 9.59 Å². The maximum Gasteiger partial charge on any atom is 0.407 e. The summed E-state index contributed by atoms with van der Waals surface area (Å²) in [7, 11) is 1.35. The summed E-state index contributed by atoms with van der Waals surface area (Å²) >= 11 is 1.40. The summed E-state index contributed by atoms with van der Waals surface area (Å²) < 4.78 is 4.67. The molecule has 16 heavy (non-hydrogen) atoms. The molecule has 2 amide bonds. The fourth-order valence-electron chi connectivity index (χ4n) is 0.939. The van der Waals surface area contributed by atoms with E-state index in [0.29, 0.717) is 5.75 Å². The van der Waals surface area contributed by atoms with Crippen molar-refractivity contribution in [2.45, 2.75) is 13.0 Å². The molecule has 0 aromatic heterocycles. The summed E-state index contributed by atoms with van der Waals surface area (Å²) in [4.78, 5) is 23.7. The first-order chi connectivity index (χ1) is 7.56. The molecule has 0 fully saturated rings. The second kappa shape index (κ2) is 7.82. The molecule has 0 saturated heterocycles. The Morgan fingerprint density at radius 2 is 2.25 bits per heavy atom. The summed E-state index contributed by atoms with van der Waals surface area (Å²) in [5, 5.41) is 11.0. The number of thioether (sulfide) groups is 1. The van der Waals surface area contributed by atoms with Gasteiger partial charge < -0.3 is 10.1 Å². The maximum absolute atomic E-state index is 11.6. The van der Waals surface area contributed by atoms with Gasteiger partial charge in [-0.05, 0) is 13.2 Å². The average Bonchev–Trinajstić information content (AvgIpc) is 2.26. The lowest BCUT2D eigenvalue weighted by Crippen LogP contribution is -2.47. The Kier molecular flexibility index (Phi) is 7.12. The predicted octanol–water partition coefficient (Wildman–Crippen LogP) is 0.404. The first-order valence-electron chi connectivity index (χ1n) is 4.66. The van der Waals surface area contributed by atoms with Crippen LogP contribution in [0.25, 0.3) is 0 Å². The van der Waals surface area contributed by atoms with E-state index in [1.165, 1.54) is 18.8 Å². The molecule has 7 heteroatoms. The Morgan fingerprint density at radius 3 is 2.69 bits per heavy atom. The first kappa shape index (κ1) is 14.6. The molecule has 0 aliphatic heterocycles. The van der Waals surface area contributed by atoms with Gasteiger partial charge in [0.15, 0.2) is 6.19 Å². The Morgan fingerprint density at radius 1 is 1.62 bits per heavy atom. The van der Waals surface area contributed by atoms with Crippen LogP contribution in [0.5, 0.6) is 0 Å². The van der Waals surface area contributed by atoms with Crippen LogP contribution in [0.1, 0.15) is 6.92 Å². The van der Waals surface area contributed by atoms with Crippen LogP contribution in [-0.2, 0) is 9.53 Å². The van der Waals surface area contributed by atoms with Gasteiger partial charge in [0.05, 0.1) is 6.61 Å². The molecule has 1 unspecified atom stereocenters.